The zero-order valence-corrected chi connectivity index (χ0v) is 14.8. The van der Waals surface area contributed by atoms with Crippen LogP contribution in [-0.4, -0.2) is 10.7 Å². The van der Waals surface area contributed by atoms with E-state index < -0.39 is 0 Å². The fourth-order valence-corrected chi connectivity index (χ4v) is 7.53. The van der Waals surface area contributed by atoms with Gasteiger partial charge >= 0.3 is 0 Å². The van der Waals surface area contributed by atoms with Crippen molar-refractivity contribution in [3.63, 3.8) is 0 Å². The lowest BCUT2D eigenvalue weighted by atomic mass is 9.45. The van der Waals surface area contributed by atoms with Crippen LogP contribution in [0, 0.1) is 34.5 Å². The van der Waals surface area contributed by atoms with Gasteiger partial charge in [0.25, 0.3) is 0 Å². The van der Waals surface area contributed by atoms with Crippen molar-refractivity contribution in [2.24, 2.45) is 34.5 Å². The molecule has 1 heteroatoms. The van der Waals surface area contributed by atoms with Crippen LogP contribution in [0.1, 0.15) is 78.6 Å². The first kappa shape index (κ1) is 15.2. The van der Waals surface area contributed by atoms with Crippen molar-refractivity contribution in [3.8, 4) is 0 Å². The molecule has 0 aromatic carbocycles. The van der Waals surface area contributed by atoms with Gasteiger partial charge in [0.1, 0.15) is 0 Å². The molecule has 0 spiro atoms. The van der Waals surface area contributed by atoms with E-state index in [2.05, 4.69) is 32.9 Å². The molecule has 0 amide bonds. The summed E-state index contributed by atoms with van der Waals surface area (Å²) in [5, 5.41) is 11.2. The molecule has 0 heterocycles. The average molecular weight is 303 g/mol. The van der Waals surface area contributed by atoms with Gasteiger partial charge in [0.05, 0.1) is 5.60 Å². The molecule has 4 aliphatic rings. The van der Waals surface area contributed by atoms with E-state index in [1.54, 1.807) is 0 Å². The number of aliphatic hydroxyl groups is 1. The highest BCUT2D eigenvalue weighted by Crippen LogP contribution is 2.68. The molecule has 22 heavy (non-hydrogen) atoms. The molecule has 0 radical (unpaired) electrons. The van der Waals surface area contributed by atoms with E-state index in [9.17, 15) is 5.11 Å². The molecule has 1 nitrogen and oxygen atoms in total. The Morgan fingerprint density at radius 3 is 2.55 bits per heavy atom. The summed E-state index contributed by atoms with van der Waals surface area (Å²) in [5.41, 5.74) is 0.357. The maximum Gasteiger partial charge on any atom is 0.0701 e. The predicted molar refractivity (Wildman–Crippen MR) is 91.5 cm³/mol. The van der Waals surface area contributed by atoms with Gasteiger partial charge in [-0.15, -0.1) is 0 Å². The molecular formula is C21H34O. The van der Waals surface area contributed by atoms with Crippen molar-refractivity contribution in [2.75, 3.05) is 0 Å². The molecule has 124 valence electrons. The molecule has 4 aliphatic carbocycles. The molecule has 1 N–H and O–H groups in total. The molecule has 0 aromatic rings. The summed E-state index contributed by atoms with van der Waals surface area (Å²) in [6.45, 7) is 7.23. The monoisotopic (exact) mass is 302 g/mol. The summed E-state index contributed by atoms with van der Waals surface area (Å²) in [5.74, 6) is 3.50. The van der Waals surface area contributed by atoms with Crippen LogP contribution in [0.15, 0.2) is 12.2 Å². The van der Waals surface area contributed by atoms with Crippen molar-refractivity contribution in [1.29, 1.82) is 0 Å². The maximum absolute atomic E-state index is 11.2. The van der Waals surface area contributed by atoms with Crippen LogP contribution in [0.5, 0.6) is 0 Å². The molecule has 0 aliphatic heterocycles. The third-order valence-corrected chi connectivity index (χ3v) is 9.12. The topological polar surface area (TPSA) is 20.2 Å². The number of hydrogen-bond donors (Lipinski definition) is 1. The molecule has 4 rings (SSSR count). The summed E-state index contributed by atoms with van der Waals surface area (Å²) in [6.07, 6.45) is 16.3. The standard InChI is InChI=1S/C21H34O/c1-4-21(22)14-11-18-16-9-8-15-7-5-6-12-19(15,2)17(16)10-13-20(18,21)3/h5-6,15-18,22H,4,7-14H2,1-3H3/t15-,16-,17+,18+,19+,20+,21+/m1/s1. The maximum atomic E-state index is 11.2. The van der Waals surface area contributed by atoms with E-state index in [1.807, 2.05) is 0 Å². The quantitative estimate of drug-likeness (QED) is 0.648. The lowest BCUT2D eigenvalue weighted by Crippen LogP contribution is -2.55. The number of hydrogen-bond acceptors (Lipinski definition) is 1. The van der Waals surface area contributed by atoms with Gasteiger partial charge in [0.2, 0.25) is 0 Å². The van der Waals surface area contributed by atoms with E-state index in [1.165, 1.54) is 44.9 Å². The Labute approximate surface area is 136 Å². The normalized spacial score (nSPS) is 57.1. The van der Waals surface area contributed by atoms with Crippen LogP contribution in [0.4, 0.5) is 0 Å². The zero-order valence-electron chi connectivity index (χ0n) is 14.8. The molecule has 0 unspecified atom stereocenters. The van der Waals surface area contributed by atoms with Crippen LogP contribution in [0.2, 0.25) is 0 Å². The van der Waals surface area contributed by atoms with Crippen LogP contribution in [0.3, 0.4) is 0 Å². The fraction of sp³-hybridized carbons (Fsp3) is 0.905. The molecule has 0 saturated heterocycles. The van der Waals surface area contributed by atoms with Crippen molar-refractivity contribution in [2.45, 2.75) is 84.2 Å². The number of rotatable bonds is 1. The lowest BCUT2D eigenvalue weighted by Gasteiger charge is -2.60. The molecule has 3 fully saturated rings. The summed E-state index contributed by atoms with van der Waals surface area (Å²) in [4.78, 5) is 0. The third-order valence-electron chi connectivity index (χ3n) is 9.12. The minimum atomic E-state index is -0.382. The highest BCUT2D eigenvalue weighted by molar-refractivity contribution is 5.15. The number of allylic oxidation sites excluding steroid dienone is 2. The first-order valence-electron chi connectivity index (χ1n) is 9.82. The van der Waals surface area contributed by atoms with E-state index in [4.69, 9.17) is 0 Å². The Morgan fingerprint density at radius 2 is 1.77 bits per heavy atom. The van der Waals surface area contributed by atoms with Crippen LogP contribution >= 0.6 is 0 Å². The van der Waals surface area contributed by atoms with Crippen molar-refractivity contribution >= 4 is 0 Å². The van der Waals surface area contributed by atoms with Gasteiger partial charge in [-0.1, -0.05) is 32.9 Å². The Balaban J connectivity index is 1.67. The minimum Gasteiger partial charge on any atom is -0.389 e. The van der Waals surface area contributed by atoms with Crippen molar-refractivity contribution in [3.05, 3.63) is 12.2 Å². The average Bonchev–Trinajstić information content (AvgIpc) is 2.79. The fourth-order valence-electron chi connectivity index (χ4n) is 7.53. The largest absolute Gasteiger partial charge is 0.389 e. The molecular weight excluding hydrogens is 268 g/mol. The third kappa shape index (κ3) is 1.75. The summed E-state index contributed by atoms with van der Waals surface area (Å²) >= 11 is 0. The lowest BCUT2D eigenvalue weighted by molar-refractivity contribution is -0.145. The second-order valence-corrected chi connectivity index (χ2v) is 9.45. The van der Waals surface area contributed by atoms with Crippen LogP contribution in [0.25, 0.3) is 0 Å². The van der Waals surface area contributed by atoms with Gasteiger partial charge < -0.3 is 5.11 Å². The highest BCUT2D eigenvalue weighted by atomic mass is 16.3. The molecule has 0 bridgehead atoms. The Bertz CT molecular complexity index is 482. The predicted octanol–water partition coefficient (Wildman–Crippen LogP) is 5.34. The Hall–Kier alpha value is -0.300. The second kappa shape index (κ2) is 4.85. The first-order valence-corrected chi connectivity index (χ1v) is 9.82. The first-order chi connectivity index (χ1) is 10.4. The van der Waals surface area contributed by atoms with Gasteiger partial charge in [0, 0.05) is 0 Å². The summed E-state index contributed by atoms with van der Waals surface area (Å²) in [7, 11) is 0. The SMILES string of the molecule is CC[C@]1(O)CC[C@H]2[C@@H]3CC[C@H]4CC=CC[C@]4(C)[C@H]3CC[C@@]21C. The molecule has 3 saturated carbocycles. The highest BCUT2D eigenvalue weighted by Gasteiger charge is 2.63. The van der Waals surface area contributed by atoms with Gasteiger partial charge in [-0.05, 0) is 92.3 Å². The van der Waals surface area contributed by atoms with Crippen LogP contribution in [-0.2, 0) is 0 Å². The summed E-state index contributed by atoms with van der Waals surface area (Å²) in [6, 6.07) is 0. The van der Waals surface area contributed by atoms with E-state index in [-0.39, 0.29) is 11.0 Å². The van der Waals surface area contributed by atoms with Crippen molar-refractivity contribution in [1.82, 2.24) is 0 Å². The van der Waals surface area contributed by atoms with E-state index in [0.29, 0.717) is 5.41 Å². The molecule has 0 aromatic heterocycles. The van der Waals surface area contributed by atoms with E-state index >= 15 is 0 Å². The smallest absolute Gasteiger partial charge is 0.0701 e. The number of fused-ring (bicyclic) bond motifs is 5. The summed E-state index contributed by atoms with van der Waals surface area (Å²) < 4.78 is 0. The van der Waals surface area contributed by atoms with Gasteiger partial charge in [-0.2, -0.15) is 0 Å². The molecule has 7 atom stereocenters. The Morgan fingerprint density at radius 1 is 1.00 bits per heavy atom. The van der Waals surface area contributed by atoms with E-state index in [0.717, 1.165) is 36.5 Å². The van der Waals surface area contributed by atoms with Gasteiger partial charge in [-0.3, -0.25) is 0 Å². The van der Waals surface area contributed by atoms with Gasteiger partial charge in [0.15, 0.2) is 0 Å². The minimum absolute atomic E-state index is 0.191. The van der Waals surface area contributed by atoms with Gasteiger partial charge in [-0.25, -0.2) is 0 Å². The zero-order chi connectivity index (χ0) is 15.6. The van der Waals surface area contributed by atoms with Crippen molar-refractivity contribution < 1.29 is 5.11 Å². The second-order valence-electron chi connectivity index (χ2n) is 9.45. The van der Waals surface area contributed by atoms with Crippen LogP contribution < -0.4 is 0 Å². The Kier molecular flexibility index (Phi) is 3.36.